The van der Waals surface area contributed by atoms with Crippen LogP contribution in [0.4, 0.5) is 16.2 Å². The summed E-state index contributed by atoms with van der Waals surface area (Å²) in [6.07, 6.45) is 1.26. The Morgan fingerprint density at radius 1 is 1.07 bits per heavy atom. The van der Waals surface area contributed by atoms with E-state index in [2.05, 4.69) is 21.2 Å². The minimum absolute atomic E-state index is 0.00865. The molecule has 2 aromatic carbocycles. The van der Waals surface area contributed by atoms with Gasteiger partial charge < -0.3 is 15.0 Å². The van der Waals surface area contributed by atoms with Crippen LogP contribution in [0.1, 0.15) is 19.8 Å². The lowest BCUT2D eigenvalue weighted by Crippen LogP contribution is -2.51. The molecule has 0 aromatic heterocycles. The van der Waals surface area contributed by atoms with E-state index in [0.29, 0.717) is 32.5 Å². The molecule has 1 N–H and O–H groups in total. The smallest absolute Gasteiger partial charge is 0.324 e. The van der Waals surface area contributed by atoms with Crippen molar-refractivity contribution in [3.63, 3.8) is 0 Å². The van der Waals surface area contributed by atoms with E-state index in [1.165, 1.54) is 0 Å². The molecule has 0 spiro atoms. The summed E-state index contributed by atoms with van der Waals surface area (Å²) >= 11 is 3.46. The van der Waals surface area contributed by atoms with Crippen LogP contribution in [-0.2, 0) is 4.79 Å². The van der Waals surface area contributed by atoms with Crippen LogP contribution >= 0.6 is 15.9 Å². The molecular weight excluding hydrogens is 434 g/mol. The average Bonchev–Trinajstić information content (AvgIpc) is 2.74. The van der Waals surface area contributed by atoms with E-state index in [1.54, 1.807) is 4.90 Å². The summed E-state index contributed by atoms with van der Waals surface area (Å²) in [7, 11) is 0. The van der Waals surface area contributed by atoms with Crippen LogP contribution in [-0.4, -0.2) is 42.6 Å². The highest BCUT2D eigenvalue weighted by molar-refractivity contribution is 9.10. The van der Waals surface area contributed by atoms with Crippen molar-refractivity contribution in [3.05, 3.63) is 53.0 Å². The molecule has 2 aliphatic heterocycles. The van der Waals surface area contributed by atoms with Crippen LogP contribution in [0.5, 0.6) is 5.75 Å². The van der Waals surface area contributed by atoms with Crippen LogP contribution in [0, 0.1) is 5.92 Å². The van der Waals surface area contributed by atoms with Gasteiger partial charge in [0.2, 0.25) is 5.91 Å². The van der Waals surface area contributed by atoms with Gasteiger partial charge >= 0.3 is 6.03 Å². The number of likely N-dealkylation sites (tertiary alicyclic amines) is 1. The molecule has 0 bridgehead atoms. The molecule has 7 heteroatoms. The number of nitrogens with one attached hydrogen (secondary N) is 1. The first-order chi connectivity index (χ1) is 14.0. The number of urea groups is 1. The SMILES string of the molecule is C[C@@H]1CN(C(=O)N2CCC(C(=O)Nc3ccccc3Br)CC2)c2ccccc2O1. The van der Waals surface area contributed by atoms with E-state index >= 15 is 0 Å². The van der Waals surface area contributed by atoms with Crippen molar-refractivity contribution in [1.29, 1.82) is 0 Å². The van der Waals surface area contributed by atoms with Gasteiger partial charge in [0, 0.05) is 23.5 Å². The molecule has 0 saturated carbocycles. The molecule has 1 fully saturated rings. The molecule has 1 saturated heterocycles. The zero-order chi connectivity index (χ0) is 20.4. The number of piperidine rings is 1. The molecule has 0 aliphatic carbocycles. The quantitative estimate of drug-likeness (QED) is 0.721. The van der Waals surface area contributed by atoms with Gasteiger partial charge in [-0.2, -0.15) is 0 Å². The summed E-state index contributed by atoms with van der Waals surface area (Å²) in [5, 5.41) is 2.99. The number of amides is 3. The normalized spacial score (nSPS) is 19.3. The first-order valence-electron chi connectivity index (χ1n) is 9.90. The van der Waals surface area contributed by atoms with Crippen molar-refractivity contribution < 1.29 is 14.3 Å². The lowest BCUT2D eigenvalue weighted by molar-refractivity contribution is -0.121. The number of carbonyl (C=O) groups excluding carboxylic acids is 2. The van der Waals surface area contributed by atoms with Gasteiger partial charge in [0.15, 0.2) is 0 Å². The Morgan fingerprint density at radius 2 is 1.76 bits per heavy atom. The minimum Gasteiger partial charge on any atom is -0.487 e. The number of nitrogens with zero attached hydrogens (tertiary/aromatic N) is 2. The second-order valence-electron chi connectivity index (χ2n) is 7.52. The van der Waals surface area contributed by atoms with Crippen LogP contribution in [0.25, 0.3) is 0 Å². The molecule has 2 aliphatic rings. The molecule has 1 atom stereocenters. The van der Waals surface area contributed by atoms with Crippen LogP contribution < -0.4 is 15.0 Å². The number of fused-ring (bicyclic) bond motifs is 1. The monoisotopic (exact) mass is 457 g/mol. The van der Waals surface area contributed by atoms with E-state index < -0.39 is 0 Å². The Morgan fingerprint density at radius 3 is 2.52 bits per heavy atom. The molecule has 29 heavy (non-hydrogen) atoms. The number of hydrogen-bond acceptors (Lipinski definition) is 3. The molecule has 152 valence electrons. The molecule has 4 rings (SSSR count). The first-order valence-corrected chi connectivity index (χ1v) is 10.7. The van der Waals surface area contributed by atoms with Crippen molar-refractivity contribution in [2.24, 2.45) is 5.92 Å². The summed E-state index contributed by atoms with van der Waals surface area (Å²) in [6.45, 7) is 3.63. The van der Waals surface area contributed by atoms with Crippen LogP contribution in [0.3, 0.4) is 0 Å². The lowest BCUT2D eigenvalue weighted by Gasteiger charge is -2.39. The molecule has 0 unspecified atom stereocenters. The zero-order valence-electron chi connectivity index (χ0n) is 16.3. The van der Waals surface area contributed by atoms with Gasteiger partial charge in [0.25, 0.3) is 0 Å². The molecule has 0 radical (unpaired) electrons. The second kappa shape index (κ2) is 8.45. The molecule has 6 nitrogen and oxygen atoms in total. The number of carbonyl (C=O) groups is 2. The predicted octanol–water partition coefficient (Wildman–Crippen LogP) is 4.51. The number of ether oxygens (including phenoxy) is 1. The first kappa shape index (κ1) is 19.8. The van der Waals surface area contributed by atoms with E-state index in [0.717, 1.165) is 21.6 Å². The van der Waals surface area contributed by atoms with E-state index in [4.69, 9.17) is 4.74 Å². The standard InChI is InChI=1S/C22H24BrN3O3/c1-15-14-26(19-8-4-5-9-20(19)29-15)22(28)25-12-10-16(11-13-25)21(27)24-18-7-3-2-6-17(18)23/h2-9,15-16H,10-14H2,1H3,(H,24,27)/t15-/m1/s1. The maximum atomic E-state index is 13.2. The molecule has 2 aromatic rings. The van der Waals surface area contributed by atoms with Gasteiger partial charge in [-0.25, -0.2) is 4.79 Å². The summed E-state index contributed by atoms with van der Waals surface area (Å²) in [6, 6.07) is 15.2. The number of halogens is 1. The van der Waals surface area contributed by atoms with Crippen molar-refractivity contribution in [1.82, 2.24) is 4.90 Å². The third kappa shape index (κ3) is 4.24. The van der Waals surface area contributed by atoms with E-state index in [9.17, 15) is 9.59 Å². The largest absolute Gasteiger partial charge is 0.487 e. The lowest BCUT2D eigenvalue weighted by atomic mass is 9.96. The highest BCUT2D eigenvalue weighted by Crippen LogP contribution is 2.34. The van der Waals surface area contributed by atoms with Gasteiger partial charge in [-0.05, 0) is 60.0 Å². The topological polar surface area (TPSA) is 61.9 Å². The fourth-order valence-electron chi connectivity index (χ4n) is 3.87. The predicted molar refractivity (Wildman–Crippen MR) is 116 cm³/mol. The summed E-state index contributed by atoms with van der Waals surface area (Å²) in [5.74, 6) is 0.652. The average molecular weight is 458 g/mol. The second-order valence-corrected chi connectivity index (χ2v) is 8.37. The van der Waals surface area contributed by atoms with E-state index in [1.807, 2.05) is 60.4 Å². The summed E-state index contributed by atoms with van der Waals surface area (Å²) in [4.78, 5) is 29.4. The van der Waals surface area contributed by atoms with Gasteiger partial charge in [0.1, 0.15) is 11.9 Å². The maximum Gasteiger partial charge on any atom is 0.324 e. The number of benzene rings is 2. The third-order valence-electron chi connectivity index (χ3n) is 5.42. The molecule has 3 amide bonds. The summed E-state index contributed by atoms with van der Waals surface area (Å²) in [5.41, 5.74) is 1.58. The van der Waals surface area contributed by atoms with Crippen molar-refractivity contribution in [2.75, 3.05) is 29.9 Å². The number of hydrogen-bond donors (Lipinski definition) is 1. The number of rotatable bonds is 2. The van der Waals surface area contributed by atoms with Crippen molar-refractivity contribution in [3.8, 4) is 5.75 Å². The Labute approximate surface area is 178 Å². The van der Waals surface area contributed by atoms with Crippen LogP contribution in [0.2, 0.25) is 0 Å². The van der Waals surface area contributed by atoms with Gasteiger partial charge in [-0.1, -0.05) is 24.3 Å². The third-order valence-corrected chi connectivity index (χ3v) is 6.11. The zero-order valence-corrected chi connectivity index (χ0v) is 17.9. The fourth-order valence-corrected chi connectivity index (χ4v) is 4.26. The Hall–Kier alpha value is -2.54. The van der Waals surface area contributed by atoms with Crippen molar-refractivity contribution in [2.45, 2.75) is 25.9 Å². The Kier molecular flexibility index (Phi) is 5.76. The highest BCUT2D eigenvalue weighted by atomic mass is 79.9. The molecule has 2 heterocycles. The Balaban J connectivity index is 1.38. The fraction of sp³-hybridized carbons (Fsp3) is 0.364. The van der Waals surface area contributed by atoms with Crippen molar-refractivity contribution >= 4 is 39.2 Å². The summed E-state index contributed by atoms with van der Waals surface area (Å²) < 4.78 is 6.71. The van der Waals surface area contributed by atoms with Gasteiger partial charge in [-0.3, -0.25) is 9.69 Å². The Bertz CT molecular complexity index is 912. The maximum absolute atomic E-state index is 13.2. The minimum atomic E-state index is -0.0953. The van der Waals surface area contributed by atoms with Gasteiger partial charge in [-0.15, -0.1) is 0 Å². The number of anilines is 2. The van der Waals surface area contributed by atoms with E-state index in [-0.39, 0.29) is 24.0 Å². The highest BCUT2D eigenvalue weighted by Gasteiger charge is 2.33. The van der Waals surface area contributed by atoms with Crippen LogP contribution in [0.15, 0.2) is 53.0 Å². The van der Waals surface area contributed by atoms with Gasteiger partial charge in [0.05, 0.1) is 17.9 Å². The molecular formula is C22H24BrN3O3. The number of para-hydroxylation sites is 3.